The summed E-state index contributed by atoms with van der Waals surface area (Å²) in [6, 6.07) is 24.0. The molecule has 1 aliphatic heterocycles. The van der Waals surface area contributed by atoms with Gasteiger partial charge in [0.2, 0.25) is 0 Å². The van der Waals surface area contributed by atoms with E-state index >= 15 is 0 Å². The molecule has 0 fully saturated rings. The highest BCUT2D eigenvalue weighted by atomic mass is 16.5. The molecule has 156 valence electrons. The van der Waals surface area contributed by atoms with Gasteiger partial charge in [0.15, 0.2) is 11.5 Å². The number of fused-ring (bicyclic) bond motifs is 2. The molecule has 5 nitrogen and oxygen atoms in total. The summed E-state index contributed by atoms with van der Waals surface area (Å²) < 4.78 is 17.8. The molecular weight excluding hydrogens is 378 g/mol. The lowest BCUT2D eigenvalue weighted by atomic mass is 10.1. The lowest BCUT2D eigenvalue weighted by Gasteiger charge is -2.32. The minimum atomic E-state index is -0.0876. The Kier molecular flexibility index (Phi) is 6.52. The largest absolute Gasteiger partial charge is 0.492 e. The zero-order valence-electron chi connectivity index (χ0n) is 17.2. The summed E-state index contributed by atoms with van der Waals surface area (Å²) in [6.45, 7) is 3.92. The van der Waals surface area contributed by atoms with Crippen molar-refractivity contribution in [1.82, 2.24) is 0 Å². The van der Waals surface area contributed by atoms with Crippen molar-refractivity contribution in [3.05, 3.63) is 78.4 Å². The first-order valence-corrected chi connectivity index (χ1v) is 10.4. The number of aliphatic hydroxyl groups is 1. The number of nitrogens with zero attached hydrogens (tertiary/aromatic N) is 1. The number of benzene rings is 3. The minimum absolute atomic E-state index is 0.0876. The van der Waals surface area contributed by atoms with Crippen LogP contribution in [0.3, 0.4) is 0 Å². The molecule has 0 saturated heterocycles. The van der Waals surface area contributed by atoms with Gasteiger partial charge in [0.05, 0.1) is 24.0 Å². The highest BCUT2D eigenvalue weighted by Gasteiger charge is 2.23. The Morgan fingerprint density at radius 3 is 2.13 bits per heavy atom. The van der Waals surface area contributed by atoms with E-state index < -0.39 is 0 Å². The summed E-state index contributed by atoms with van der Waals surface area (Å²) in [5.74, 6) is 2.52. The van der Waals surface area contributed by atoms with Gasteiger partial charge in [0.1, 0.15) is 12.4 Å². The number of hydrogen-bond donors (Lipinski definition) is 1. The van der Waals surface area contributed by atoms with Crippen molar-refractivity contribution in [1.29, 1.82) is 0 Å². The van der Waals surface area contributed by atoms with Crippen LogP contribution in [0.4, 0.5) is 11.4 Å². The van der Waals surface area contributed by atoms with Crippen LogP contribution >= 0.6 is 0 Å². The molecule has 3 aromatic carbocycles. The highest BCUT2D eigenvalue weighted by molar-refractivity contribution is 5.77. The lowest BCUT2D eigenvalue weighted by Crippen LogP contribution is -2.26. The Morgan fingerprint density at radius 2 is 1.53 bits per heavy atom. The fraction of sp³-hybridized carbons (Fsp3) is 0.280. The fourth-order valence-electron chi connectivity index (χ4n) is 3.72. The van der Waals surface area contributed by atoms with Crippen molar-refractivity contribution >= 4 is 11.4 Å². The number of rotatable bonds is 9. The average Bonchev–Trinajstić information content (AvgIpc) is 2.79. The molecule has 5 heteroatoms. The quantitative estimate of drug-likeness (QED) is 0.512. The third-order valence-corrected chi connectivity index (χ3v) is 5.13. The Balaban J connectivity index is 1.42. The summed E-state index contributed by atoms with van der Waals surface area (Å²) in [7, 11) is 0. The zero-order chi connectivity index (χ0) is 20.8. The molecule has 1 heterocycles. The van der Waals surface area contributed by atoms with Gasteiger partial charge in [-0.2, -0.15) is 0 Å². The summed E-state index contributed by atoms with van der Waals surface area (Å²) in [5.41, 5.74) is 3.13. The molecular formula is C25H27NO4. The zero-order valence-corrected chi connectivity index (χ0v) is 17.2. The third-order valence-electron chi connectivity index (χ3n) is 5.13. The number of hydrogen-bond acceptors (Lipinski definition) is 5. The predicted molar refractivity (Wildman–Crippen MR) is 118 cm³/mol. The third kappa shape index (κ3) is 4.42. The van der Waals surface area contributed by atoms with Gasteiger partial charge in [-0.15, -0.1) is 0 Å². The fourth-order valence-corrected chi connectivity index (χ4v) is 3.72. The Hall–Kier alpha value is -3.02. The summed E-state index contributed by atoms with van der Waals surface area (Å²) in [4.78, 5) is 2.23. The molecule has 1 aliphatic rings. The smallest absolute Gasteiger partial charge is 0.151 e. The second kappa shape index (κ2) is 9.65. The summed E-state index contributed by atoms with van der Waals surface area (Å²) >= 11 is 0. The van der Waals surface area contributed by atoms with Crippen LogP contribution in [0.25, 0.3) is 0 Å². The van der Waals surface area contributed by atoms with Crippen molar-refractivity contribution in [3.8, 4) is 17.2 Å². The van der Waals surface area contributed by atoms with E-state index in [4.69, 9.17) is 14.2 Å². The molecule has 3 aromatic rings. The van der Waals surface area contributed by atoms with Gasteiger partial charge in [-0.25, -0.2) is 0 Å². The van der Waals surface area contributed by atoms with Gasteiger partial charge in [-0.1, -0.05) is 36.4 Å². The van der Waals surface area contributed by atoms with Crippen molar-refractivity contribution < 1.29 is 19.3 Å². The van der Waals surface area contributed by atoms with E-state index in [2.05, 4.69) is 17.0 Å². The molecule has 0 amide bonds. The number of anilines is 2. The first kappa shape index (κ1) is 20.3. The molecule has 0 spiro atoms. The molecule has 4 rings (SSSR count). The molecule has 0 bridgehead atoms. The monoisotopic (exact) mass is 405 g/mol. The van der Waals surface area contributed by atoms with Crippen LogP contribution in [-0.4, -0.2) is 31.5 Å². The van der Waals surface area contributed by atoms with Crippen LogP contribution in [0.15, 0.2) is 72.8 Å². The minimum Gasteiger partial charge on any atom is -0.492 e. The first-order valence-electron chi connectivity index (χ1n) is 10.4. The van der Waals surface area contributed by atoms with Gasteiger partial charge >= 0.3 is 0 Å². The molecule has 0 radical (unpaired) electrons. The van der Waals surface area contributed by atoms with Crippen LogP contribution in [0, 0.1) is 0 Å². The lowest BCUT2D eigenvalue weighted by molar-refractivity contribution is 0.0432. The molecule has 0 aliphatic carbocycles. The molecule has 1 N–H and O–H groups in total. The molecule has 0 saturated carbocycles. The number of para-hydroxylation sites is 4. The molecule has 1 atom stereocenters. The maximum Gasteiger partial charge on any atom is 0.151 e. The van der Waals surface area contributed by atoms with E-state index in [1.165, 1.54) is 0 Å². The Bertz CT molecular complexity index is 906. The second-order valence-corrected chi connectivity index (χ2v) is 7.06. The van der Waals surface area contributed by atoms with E-state index in [1.54, 1.807) is 0 Å². The van der Waals surface area contributed by atoms with Crippen LogP contribution in [0.5, 0.6) is 17.2 Å². The van der Waals surface area contributed by atoms with Gasteiger partial charge in [0.25, 0.3) is 0 Å². The Morgan fingerprint density at radius 1 is 0.900 bits per heavy atom. The van der Waals surface area contributed by atoms with E-state index in [1.807, 2.05) is 67.6 Å². The normalized spacial score (nSPS) is 13.2. The van der Waals surface area contributed by atoms with Gasteiger partial charge in [0, 0.05) is 19.6 Å². The van der Waals surface area contributed by atoms with Crippen LogP contribution in [0.2, 0.25) is 0 Å². The van der Waals surface area contributed by atoms with Crippen molar-refractivity contribution in [2.24, 2.45) is 0 Å². The van der Waals surface area contributed by atoms with Crippen molar-refractivity contribution in [3.63, 3.8) is 0 Å². The summed E-state index contributed by atoms with van der Waals surface area (Å²) in [5, 5.41) is 9.24. The average molecular weight is 405 g/mol. The predicted octanol–water partition coefficient (Wildman–Crippen LogP) is 5.47. The Labute approximate surface area is 177 Å². The SMILES string of the molecule is CCOC(CCO)c1ccc(OCCN2c3ccccc3Oc3ccccc32)cc1. The van der Waals surface area contributed by atoms with Crippen molar-refractivity contribution in [2.75, 3.05) is 31.3 Å². The maximum absolute atomic E-state index is 9.24. The molecule has 1 unspecified atom stereocenters. The first-order chi connectivity index (χ1) is 14.8. The highest BCUT2D eigenvalue weighted by Crippen LogP contribution is 2.45. The number of ether oxygens (including phenoxy) is 3. The topological polar surface area (TPSA) is 51.2 Å². The van der Waals surface area contributed by atoms with Gasteiger partial charge in [-0.05, 0) is 48.9 Å². The van der Waals surface area contributed by atoms with Gasteiger partial charge < -0.3 is 24.2 Å². The standard InChI is InChI=1S/C25H27NO4/c1-2-28-23(15-17-27)19-11-13-20(14-12-19)29-18-16-26-21-7-3-5-9-24(21)30-25-10-6-4-8-22(25)26/h3-14,23,27H,2,15-18H2,1H3. The van der Waals surface area contributed by atoms with E-state index in [-0.39, 0.29) is 12.7 Å². The second-order valence-electron chi connectivity index (χ2n) is 7.06. The van der Waals surface area contributed by atoms with E-state index in [0.29, 0.717) is 26.2 Å². The van der Waals surface area contributed by atoms with Gasteiger partial charge in [-0.3, -0.25) is 0 Å². The van der Waals surface area contributed by atoms with Crippen LogP contribution in [0.1, 0.15) is 25.0 Å². The molecule has 0 aromatic heterocycles. The summed E-state index contributed by atoms with van der Waals surface area (Å²) in [6.07, 6.45) is 0.500. The van der Waals surface area contributed by atoms with E-state index in [9.17, 15) is 5.11 Å². The van der Waals surface area contributed by atoms with E-state index in [0.717, 1.165) is 34.2 Å². The van der Waals surface area contributed by atoms with Crippen molar-refractivity contribution in [2.45, 2.75) is 19.4 Å². The van der Waals surface area contributed by atoms with Crippen LogP contribution in [-0.2, 0) is 4.74 Å². The maximum atomic E-state index is 9.24. The molecule has 30 heavy (non-hydrogen) atoms. The van der Waals surface area contributed by atoms with Crippen LogP contribution < -0.4 is 14.4 Å². The number of aliphatic hydroxyl groups excluding tert-OH is 1.